The molecule has 5 nitrogen and oxygen atoms in total. The van der Waals surface area contributed by atoms with Gasteiger partial charge in [0.25, 0.3) is 0 Å². The highest BCUT2D eigenvalue weighted by Crippen LogP contribution is 2.36. The second kappa shape index (κ2) is 9.11. The molecule has 5 heteroatoms. The van der Waals surface area contributed by atoms with Crippen LogP contribution in [0.3, 0.4) is 0 Å². The normalized spacial score (nSPS) is 17.6. The summed E-state index contributed by atoms with van der Waals surface area (Å²) < 4.78 is 1.95. The van der Waals surface area contributed by atoms with Gasteiger partial charge in [-0.1, -0.05) is 56.3 Å². The summed E-state index contributed by atoms with van der Waals surface area (Å²) in [6.45, 7) is 7.28. The zero-order valence-corrected chi connectivity index (χ0v) is 18.6. The van der Waals surface area contributed by atoms with Crippen molar-refractivity contribution in [1.29, 1.82) is 5.26 Å². The van der Waals surface area contributed by atoms with Gasteiger partial charge in [-0.15, -0.1) is 0 Å². The molecule has 0 spiro atoms. The highest BCUT2D eigenvalue weighted by atomic mass is 16.1. The van der Waals surface area contributed by atoms with Crippen LogP contribution in [0, 0.1) is 17.2 Å². The van der Waals surface area contributed by atoms with Gasteiger partial charge in [0.1, 0.15) is 0 Å². The molecule has 162 valence electrons. The molecule has 1 aliphatic rings. The summed E-state index contributed by atoms with van der Waals surface area (Å²) in [6.07, 6.45) is 3.83. The summed E-state index contributed by atoms with van der Waals surface area (Å²) in [5, 5.41) is 10.1. The first-order valence-electron chi connectivity index (χ1n) is 11.4. The first-order chi connectivity index (χ1) is 15.0. The number of fused-ring (bicyclic) bond motifs is 1. The number of imidazole rings is 1. The number of H-pyrrole nitrogens is 1. The van der Waals surface area contributed by atoms with Crippen molar-refractivity contribution in [1.82, 2.24) is 14.5 Å². The molecule has 1 saturated heterocycles. The second-order valence-electron chi connectivity index (χ2n) is 9.10. The summed E-state index contributed by atoms with van der Waals surface area (Å²) in [6, 6.07) is 21.1. The fourth-order valence-electron chi connectivity index (χ4n) is 5.17. The summed E-state index contributed by atoms with van der Waals surface area (Å²) in [5.41, 5.74) is 2.61. The van der Waals surface area contributed by atoms with Crippen LogP contribution in [0.15, 0.2) is 59.4 Å². The molecule has 0 amide bonds. The van der Waals surface area contributed by atoms with Crippen LogP contribution >= 0.6 is 0 Å². The van der Waals surface area contributed by atoms with Crippen molar-refractivity contribution >= 4 is 11.0 Å². The molecule has 0 saturated carbocycles. The lowest BCUT2D eigenvalue weighted by Gasteiger charge is -2.35. The molecule has 1 aliphatic heterocycles. The van der Waals surface area contributed by atoms with Crippen molar-refractivity contribution in [2.75, 3.05) is 19.6 Å². The number of nitrogens with zero attached hydrogens (tertiary/aromatic N) is 3. The Morgan fingerprint density at radius 3 is 2.45 bits per heavy atom. The molecule has 4 rings (SSSR count). The number of rotatable bonds is 7. The van der Waals surface area contributed by atoms with Gasteiger partial charge in [0.05, 0.1) is 22.5 Å². The van der Waals surface area contributed by atoms with Gasteiger partial charge in [-0.05, 0) is 55.8 Å². The Bertz CT molecular complexity index is 1100. The fourth-order valence-corrected chi connectivity index (χ4v) is 5.17. The third-order valence-corrected chi connectivity index (χ3v) is 7.07. The van der Waals surface area contributed by atoms with Crippen molar-refractivity contribution in [2.45, 2.75) is 51.0 Å². The smallest absolute Gasteiger partial charge is 0.306 e. The minimum absolute atomic E-state index is 0.00162. The molecule has 0 radical (unpaired) electrons. The van der Waals surface area contributed by atoms with E-state index in [0.29, 0.717) is 0 Å². The Morgan fingerprint density at radius 1 is 1.10 bits per heavy atom. The third-order valence-electron chi connectivity index (χ3n) is 7.07. The summed E-state index contributed by atoms with van der Waals surface area (Å²) in [4.78, 5) is 18.0. The van der Waals surface area contributed by atoms with E-state index in [4.69, 9.17) is 0 Å². The molecule has 2 heterocycles. The number of nitrogens with one attached hydrogen (secondary N) is 1. The maximum absolute atomic E-state index is 12.5. The average Bonchev–Trinajstić information content (AvgIpc) is 3.13. The summed E-state index contributed by atoms with van der Waals surface area (Å²) in [5.74, 6) is 0.263. The number of hydrogen-bond donors (Lipinski definition) is 1. The Labute approximate surface area is 184 Å². The lowest BCUT2D eigenvalue weighted by molar-refractivity contribution is 0.178. The van der Waals surface area contributed by atoms with Crippen LogP contribution < -0.4 is 5.69 Å². The third kappa shape index (κ3) is 4.18. The van der Waals surface area contributed by atoms with E-state index < -0.39 is 5.41 Å². The van der Waals surface area contributed by atoms with Gasteiger partial charge >= 0.3 is 5.69 Å². The molecular formula is C26H32N4O. The Balaban J connectivity index is 1.37. The molecule has 3 aromatic rings. The number of para-hydroxylation sites is 2. The average molecular weight is 417 g/mol. The maximum Gasteiger partial charge on any atom is 0.326 e. The predicted molar refractivity (Wildman–Crippen MR) is 125 cm³/mol. The number of hydrogen-bond acceptors (Lipinski definition) is 3. The topological polar surface area (TPSA) is 64.8 Å². The number of nitriles is 1. The van der Waals surface area contributed by atoms with Crippen LogP contribution in [0.25, 0.3) is 11.0 Å². The molecule has 2 aromatic carbocycles. The Morgan fingerprint density at radius 2 is 1.77 bits per heavy atom. The number of benzene rings is 2. The Kier molecular flexibility index (Phi) is 6.29. The maximum atomic E-state index is 12.5. The van der Waals surface area contributed by atoms with E-state index in [9.17, 15) is 10.1 Å². The predicted octanol–water partition coefficient (Wildman–Crippen LogP) is 4.86. The molecular weight excluding hydrogens is 384 g/mol. The van der Waals surface area contributed by atoms with Crippen LogP contribution in [0.5, 0.6) is 0 Å². The quantitative estimate of drug-likeness (QED) is 0.598. The van der Waals surface area contributed by atoms with E-state index in [0.717, 1.165) is 61.9 Å². The van der Waals surface area contributed by atoms with Crippen LogP contribution in [0.1, 0.15) is 51.1 Å². The molecule has 1 fully saturated rings. The highest BCUT2D eigenvalue weighted by Gasteiger charge is 2.35. The van der Waals surface area contributed by atoms with Gasteiger partial charge < -0.3 is 9.88 Å². The van der Waals surface area contributed by atoms with E-state index in [1.165, 1.54) is 0 Å². The molecule has 1 N–H and O–H groups in total. The first-order valence-corrected chi connectivity index (χ1v) is 11.4. The minimum Gasteiger partial charge on any atom is -0.306 e. The van der Waals surface area contributed by atoms with E-state index in [-0.39, 0.29) is 17.6 Å². The lowest BCUT2D eigenvalue weighted by atomic mass is 9.70. The van der Waals surface area contributed by atoms with Crippen molar-refractivity contribution in [2.24, 2.45) is 5.92 Å². The van der Waals surface area contributed by atoms with Crippen molar-refractivity contribution < 1.29 is 0 Å². The van der Waals surface area contributed by atoms with Crippen molar-refractivity contribution in [3.05, 3.63) is 70.6 Å². The number of aromatic nitrogens is 2. The SMILES string of the molecule is CC(C)C(C#N)(CCCN1CCC(n2c(=O)[nH]c3ccccc32)CC1)c1ccccc1. The van der Waals surface area contributed by atoms with E-state index in [1.807, 2.05) is 47.0 Å². The molecule has 0 aliphatic carbocycles. The molecule has 31 heavy (non-hydrogen) atoms. The molecule has 1 unspecified atom stereocenters. The lowest BCUT2D eigenvalue weighted by Crippen LogP contribution is -2.38. The summed E-state index contributed by atoms with van der Waals surface area (Å²) in [7, 11) is 0. The molecule has 1 atom stereocenters. The van der Waals surface area contributed by atoms with Crippen molar-refractivity contribution in [3.8, 4) is 6.07 Å². The van der Waals surface area contributed by atoms with E-state index in [1.54, 1.807) is 0 Å². The van der Waals surface area contributed by atoms with Crippen LogP contribution in [0.2, 0.25) is 0 Å². The van der Waals surface area contributed by atoms with Crippen LogP contribution in [-0.2, 0) is 5.41 Å². The summed E-state index contributed by atoms with van der Waals surface area (Å²) >= 11 is 0. The number of aromatic amines is 1. The van der Waals surface area contributed by atoms with Crippen molar-refractivity contribution in [3.63, 3.8) is 0 Å². The van der Waals surface area contributed by atoms with Crippen LogP contribution in [-0.4, -0.2) is 34.1 Å². The monoisotopic (exact) mass is 416 g/mol. The standard InChI is InChI=1S/C26H32N4O/c1-20(2)26(19-27,21-9-4-3-5-10-21)15-8-16-29-17-13-22(14-18-29)30-24-12-7-6-11-23(24)28-25(30)31/h3-7,9-12,20,22H,8,13-18H2,1-2H3,(H,28,31). The van der Waals surface area contributed by atoms with E-state index >= 15 is 0 Å². The first kappa shape index (κ1) is 21.4. The number of piperidine rings is 1. The van der Waals surface area contributed by atoms with E-state index in [2.05, 4.69) is 41.9 Å². The second-order valence-corrected chi connectivity index (χ2v) is 9.10. The van der Waals surface area contributed by atoms with Crippen LogP contribution in [0.4, 0.5) is 0 Å². The fraction of sp³-hybridized carbons (Fsp3) is 0.462. The van der Waals surface area contributed by atoms with Gasteiger partial charge in [0.15, 0.2) is 0 Å². The van der Waals surface area contributed by atoms with Gasteiger partial charge in [0.2, 0.25) is 0 Å². The molecule has 0 bridgehead atoms. The largest absolute Gasteiger partial charge is 0.326 e. The van der Waals surface area contributed by atoms with Gasteiger partial charge in [0, 0.05) is 19.1 Å². The van der Waals surface area contributed by atoms with Gasteiger partial charge in [-0.2, -0.15) is 5.26 Å². The van der Waals surface area contributed by atoms with Gasteiger partial charge in [-0.25, -0.2) is 4.79 Å². The van der Waals surface area contributed by atoms with Gasteiger partial charge in [-0.3, -0.25) is 4.57 Å². The Hall–Kier alpha value is -2.84. The zero-order chi connectivity index (χ0) is 21.8. The zero-order valence-electron chi connectivity index (χ0n) is 18.6. The molecule has 1 aromatic heterocycles. The minimum atomic E-state index is -0.434. The number of likely N-dealkylation sites (tertiary alicyclic amines) is 1. The highest BCUT2D eigenvalue weighted by molar-refractivity contribution is 5.75.